The minimum Gasteiger partial charge on any atom is -0.489 e. The van der Waals surface area contributed by atoms with E-state index in [2.05, 4.69) is 5.32 Å². The second-order valence-electron chi connectivity index (χ2n) is 7.54. The average Bonchev–Trinajstić information content (AvgIpc) is 2.89. The van der Waals surface area contributed by atoms with Crippen LogP contribution in [0.5, 0.6) is 5.75 Å². The molecule has 0 fully saturated rings. The van der Waals surface area contributed by atoms with Gasteiger partial charge in [-0.2, -0.15) is 0 Å². The monoisotopic (exact) mass is 461 g/mol. The molecule has 0 radical (unpaired) electrons. The summed E-state index contributed by atoms with van der Waals surface area (Å²) in [6.07, 6.45) is -0.632. The highest BCUT2D eigenvalue weighted by atomic mass is 16.6. The Labute approximate surface area is 198 Å². The molecule has 0 unspecified atom stereocenters. The van der Waals surface area contributed by atoms with Crippen LogP contribution < -0.4 is 10.1 Å². The maximum Gasteiger partial charge on any atom is 0.408 e. The number of rotatable bonds is 11. The van der Waals surface area contributed by atoms with Crippen molar-refractivity contribution in [2.24, 2.45) is 0 Å². The van der Waals surface area contributed by atoms with Gasteiger partial charge >= 0.3 is 12.1 Å². The molecule has 1 amide bonds. The number of ketones is 1. The lowest BCUT2D eigenvalue weighted by Gasteiger charge is -2.16. The summed E-state index contributed by atoms with van der Waals surface area (Å²) in [5, 5.41) is 2.48. The number of nitrogens with one attached hydrogen (secondary N) is 1. The zero-order chi connectivity index (χ0) is 24.2. The quantitative estimate of drug-likeness (QED) is 0.329. The first kappa shape index (κ1) is 24.5. The van der Waals surface area contributed by atoms with E-state index in [1.165, 1.54) is 7.11 Å². The summed E-state index contributed by atoms with van der Waals surface area (Å²) in [7, 11) is 1.22. The Kier molecular flexibility index (Phi) is 9.22. The Morgan fingerprint density at radius 3 is 1.97 bits per heavy atom. The van der Waals surface area contributed by atoms with Gasteiger partial charge in [0.1, 0.15) is 25.0 Å². The minimum atomic E-state index is -0.995. The van der Waals surface area contributed by atoms with Gasteiger partial charge in [-0.15, -0.1) is 0 Å². The van der Waals surface area contributed by atoms with E-state index in [9.17, 15) is 14.4 Å². The number of esters is 1. The number of hydrogen-bond donors (Lipinski definition) is 1. The Hall–Kier alpha value is -4.13. The van der Waals surface area contributed by atoms with Gasteiger partial charge < -0.3 is 19.5 Å². The Bertz CT molecular complexity index is 1070. The molecule has 34 heavy (non-hydrogen) atoms. The highest BCUT2D eigenvalue weighted by Crippen LogP contribution is 2.16. The van der Waals surface area contributed by atoms with E-state index in [-0.39, 0.29) is 25.2 Å². The third-order valence-corrected chi connectivity index (χ3v) is 5.08. The lowest BCUT2D eigenvalue weighted by molar-refractivity contribution is -0.143. The summed E-state index contributed by atoms with van der Waals surface area (Å²) in [5.41, 5.74) is 2.35. The van der Waals surface area contributed by atoms with E-state index in [1.807, 2.05) is 60.7 Å². The molecule has 176 valence electrons. The van der Waals surface area contributed by atoms with E-state index < -0.39 is 18.1 Å². The standard InChI is InChI=1S/C27H27NO6/c1-32-26(30)24(28-27(31)34-19-21-10-6-3-7-11-21)16-17-25(29)22-12-14-23(15-13-22)33-18-20-8-4-2-5-9-20/h2-15,24H,16-19H2,1H3,(H,28,31)/t24-/m0/s1. The summed E-state index contributed by atoms with van der Waals surface area (Å²) < 4.78 is 15.6. The molecule has 0 heterocycles. The largest absolute Gasteiger partial charge is 0.489 e. The molecule has 7 nitrogen and oxygen atoms in total. The number of hydrogen-bond acceptors (Lipinski definition) is 6. The molecule has 0 spiro atoms. The van der Waals surface area contributed by atoms with Crippen molar-refractivity contribution in [3.05, 3.63) is 102 Å². The van der Waals surface area contributed by atoms with Gasteiger partial charge in [-0.1, -0.05) is 60.7 Å². The molecule has 3 aromatic carbocycles. The highest BCUT2D eigenvalue weighted by Gasteiger charge is 2.23. The summed E-state index contributed by atoms with van der Waals surface area (Å²) >= 11 is 0. The van der Waals surface area contributed by atoms with Crippen LogP contribution in [0, 0.1) is 0 Å². The number of benzene rings is 3. The summed E-state index contributed by atoms with van der Waals surface area (Å²) in [6.45, 7) is 0.499. The number of amides is 1. The fourth-order valence-electron chi connectivity index (χ4n) is 3.20. The van der Waals surface area contributed by atoms with Gasteiger partial charge in [0.15, 0.2) is 5.78 Å². The maximum absolute atomic E-state index is 12.6. The highest BCUT2D eigenvalue weighted by molar-refractivity contribution is 5.96. The van der Waals surface area contributed by atoms with Crippen LogP contribution in [0.25, 0.3) is 0 Å². The lowest BCUT2D eigenvalue weighted by atomic mass is 10.0. The predicted octanol–water partition coefficient (Wildman–Crippen LogP) is 4.70. The lowest BCUT2D eigenvalue weighted by Crippen LogP contribution is -2.42. The molecule has 1 atom stereocenters. The van der Waals surface area contributed by atoms with Crippen molar-refractivity contribution in [2.75, 3.05) is 7.11 Å². The fourth-order valence-corrected chi connectivity index (χ4v) is 3.20. The van der Waals surface area contributed by atoms with Crippen molar-refractivity contribution in [2.45, 2.75) is 32.1 Å². The van der Waals surface area contributed by atoms with Gasteiger partial charge in [-0.25, -0.2) is 9.59 Å². The van der Waals surface area contributed by atoms with Gasteiger partial charge in [0, 0.05) is 12.0 Å². The van der Waals surface area contributed by atoms with Crippen LogP contribution in [0.2, 0.25) is 0 Å². The number of alkyl carbamates (subject to hydrolysis) is 1. The third kappa shape index (κ3) is 7.78. The molecule has 0 aromatic heterocycles. The van der Waals surface area contributed by atoms with Crippen molar-refractivity contribution in [1.82, 2.24) is 5.32 Å². The van der Waals surface area contributed by atoms with E-state index in [1.54, 1.807) is 24.3 Å². The van der Waals surface area contributed by atoms with Crippen molar-refractivity contribution < 1.29 is 28.6 Å². The summed E-state index contributed by atoms with van der Waals surface area (Å²) in [4.78, 5) is 36.8. The molecular weight excluding hydrogens is 434 g/mol. The molecule has 0 saturated carbocycles. The van der Waals surface area contributed by atoms with Crippen molar-refractivity contribution in [3.63, 3.8) is 0 Å². The normalized spacial score (nSPS) is 11.2. The predicted molar refractivity (Wildman–Crippen MR) is 126 cm³/mol. The van der Waals surface area contributed by atoms with Crippen LogP contribution in [-0.4, -0.2) is 31.0 Å². The topological polar surface area (TPSA) is 90.9 Å². The second-order valence-corrected chi connectivity index (χ2v) is 7.54. The minimum absolute atomic E-state index is 0.0446. The summed E-state index contributed by atoms with van der Waals surface area (Å²) in [5.74, 6) is -0.159. The maximum atomic E-state index is 12.6. The molecule has 0 aliphatic carbocycles. The number of carbonyl (C=O) groups excluding carboxylic acids is 3. The first-order valence-electron chi connectivity index (χ1n) is 10.9. The molecule has 1 N–H and O–H groups in total. The van der Waals surface area contributed by atoms with Gasteiger partial charge in [0.25, 0.3) is 0 Å². The van der Waals surface area contributed by atoms with Crippen LogP contribution >= 0.6 is 0 Å². The van der Waals surface area contributed by atoms with Crippen molar-refractivity contribution in [3.8, 4) is 5.75 Å². The number of carbonyl (C=O) groups is 3. The van der Waals surface area contributed by atoms with Crippen molar-refractivity contribution in [1.29, 1.82) is 0 Å². The molecule has 3 rings (SSSR count). The number of ether oxygens (including phenoxy) is 3. The van der Waals surface area contributed by atoms with E-state index in [0.717, 1.165) is 11.1 Å². The molecule has 0 bridgehead atoms. The van der Waals surface area contributed by atoms with Gasteiger partial charge in [-0.05, 0) is 41.8 Å². The smallest absolute Gasteiger partial charge is 0.408 e. The first-order chi connectivity index (χ1) is 16.5. The molecule has 0 saturated heterocycles. The fraction of sp³-hybridized carbons (Fsp3) is 0.222. The Morgan fingerprint density at radius 1 is 0.794 bits per heavy atom. The number of methoxy groups -OCH3 is 1. The van der Waals surface area contributed by atoms with E-state index >= 15 is 0 Å². The molecule has 7 heteroatoms. The zero-order valence-electron chi connectivity index (χ0n) is 18.9. The SMILES string of the molecule is COC(=O)[C@H](CCC(=O)c1ccc(OCc2ccccc2)cc1)NC(=O)OCc1ccccc1. The van der Waals surface area contributed by atoms with Gasteiger partial charge in [-0.3, -0.25) is 4.79 Å². The molecular formula is C27H27NO6. The van der Waals surface area contributed by atoms with Crippen LogP contribution in [0.3, 0.4) is 0 Å². The summed E-state index contributed by atoms with van der Waals surface area (Å²) in [6, 6.07) is 24.8. The van der Waals surface area contributed by atoms with Gasteiger partial charge in [0.05, 0.1) is 7.11 Å². The van der Waals surface area contributed by atoms with Crippen molar-refractivity contribution >= 4 is 17.8 Å². The molecule has 0 aliphatic heterocycles. The Balaban J connectivity index is 1.48. The van der Waals surface area contributed by atoms with Crippen LogP contribution in [0.1, 0.15) is 34.3 Å². The third-order valence-electron chi connectivity index (χ3n) is 5.08. The van der Waals surface area contributed by atoms with E-state index in [4.69, 9.17) is 14.2 Å². The molecule has 0 aliphatic rings. The van der Waals surface area contributed by atoms with Crippen LogP contribution in [0.4, 0.5) is 4.79 Å². The van der Waals surface area contributed by atoms with Crippen LogP contribution in [0.15, 0.2) is 84.9 Å². The van der Waals surface area contributed by atoms with Gasteiger partial charge in [0.2, 0.25) is 0 Å². The Morgan fingerprint density at radius 2 is 1.38 bits per heavy atom. The average molecular weight is 462 g/mol. The zero-order valence-corrected chi connectivity index (χ0v) is 18.9. The molecule has 3 aromatic rings. The second kappa shape index (κ2) is 12.8. The number of Topliss-reactive ketones (excluding diaryl/α,β-unsaturated/α-hetero) is 1. The van der Waals surface area contributed by atoms with Crippen LogP contribution in [-0.2, 0) is 27.5 Å². The first-order valence-corrected chi connectivity index (χ1v) is 10.9. The van der Waals surface area contributed by atoms with E-state index in [0.29, 0.717) is 17.9 Å².